The Kier molecular flexibility index (Phi) is 5.46. The van der Waals surface area contributed by atoms with E-state index in [0.717, 1.165) is 5.57 Å². The average molecular weight is 593 g/mol. The van der Waals surface area contributed by atoms with Crippen molar-refractivity contribution < 1.29 is 34.2 Å². The highest BCUT2D eigenvalue weighted by Gasteiger charge is 2.56. The maximum atomic E-state index is 13.3. The second kappa shape index (κ2) is 8.00. The number of phenols is 1. The summed E-state index contributed by atoms with van der Waals surface area (Å²) in [7, 11) is 1.40. The van der Waals surface area contributed by atoms with Crippen LogP contribution in [0.25, 0.3) is 0 Å². The fourth-order valence-corrected chi connectivity index (χ4v) is 6.65. The van der Waals surface area contributed by atoms with Gasteiger partial charge in [-0.1, -0.05) is 11.6 Å². The van der Waals surface area contributed by atoms with Gasteiger partial charge in [0.15, 0.2) is 23.1 Å². The molecule has 0 bridgehead atoms. The van der Waals surface area contributed by atoms with Crippen LogP contribution in [0.5, 0.6) is 11.5 Å². The smallest absolute Gasteiger partial charge is 0.257 e. The number of hydroxylamine groups is 2. The van der Waals surface area contributed by atoms with Crippen molar-refractivity contribution >= 4 is 55.2 Å². The van der Waals surface area contributed by atoms with E-state index in [4.69, 9.17) is 4.74 Å². The number of aromatic hydroxyl groups is 1. The maximum absolute atomic E-state index is 13.3. The highest BCUT2D eigenvalue weighted by atomic mass is 79.9. The van der Waals surface area contributed by atoms with Crippen LogP contribution >= 0.6 is 31.9 Å². The number of nitrogens with zero attached hydrogens (tertiary/aromatic N) is 1. The number of ether oxygens (including phenoxy) is 1. The van der Waals surface area contributed by atoms with E-state index >= 15 is 0 Å². The summed E-state index contributed by atoms with van der Waals surface area (Å²) in [6.07, 6.45) is 3.51. The van der Waals surface area contributed by atoms with E-state index in [2.05, 4.69) is 31.9 Å². The Morgan fingerprint density at radius 2 is 1.79 bits per heavy atom. The highest BCUT2D eigenvalue weighted by molar-refractivity contribution is 9.13. The third-order valence-corrected chi connectivity index (χ3v) is 9.40. The normalized spacial score (nSPS) is 28.4. The molecule has 4 aliphatic rings. The van der Waals surface area contributed by atoms with E-state index in [1.165, 1.54) is 13.2 Å². The number of allylic oxidation sites excluding steroid dienone is 6. The average Bonchev–Trinajstić information content (AvgIpc) is 3.04. The summed E-state index contributed by atoms with van der Waals surface area (Å²) >= 11 is 6.86. The molecule has 0 aromatic heterocycles. The van der Waals surface area contributed by atoms with Crippen LogP contribution in [0, 0.1) is 17.8 Å². The van der Waals surface area contributed by atoms with Crippen LogP contribution in [-0.2, 0) is 19.2 Å². The molecule has 1 aliphatic heterocycles. The van der Waals surface area contributed by atoms with Crippen molar-refractivity contribution in [3.05, 3.63) is 55.0 Å². The molecule has 1 aromatic rings. The summed E-state index contributed by atoms with van der Waals surface area (Å²) in [6.45, 7) is 1.57. The Labute approximate surface area is 211 Å². The minimum absolute atomic E-state index is 0.120. The highest BCUT2D eigenvalue weighted by Crippen LogP contribution is 2.57. The summed E-state index contributed by atoms with van der Waals surface area (Å²) in [6, 6.07) is 1.59. The lowest BCUT2D eigenvalue weighted by molar-refractivity contribution is -0.173. The second-order valence-corrected chi connectivity index (χ2v) is 10.4. The Bertz CT molecular complexity index is 1310. The minimum Gasteiger partial charge on any atom is -0.503 e. The van der Waals surface area contributed by atoms with Crippen LogP contribution in [0.3, 0.4) is 0 Å². The van der Waals surface area contributed by atoms with Gasteiger partial charge in [0.25, 0.3) is 11.8 Å². The van der Waals surface area contributed by atoms with Gasteiger partial charge in [0, 0.05) is 27.1 Å². The molecular formula is C24H19Br2NO7. The van der Waals surface area contributed by atoms with Gasteiger partial charge in [-0.05, 0) is 75.2 Å². The molecule has 0 unspecified atom stereocenters. The topological polar surface area (TPSA) is 121 Å². The van der Waals surface area contributed by atoms with Crippen molar-refractivity contribution in [1.82, 2.24) is 5.06 Å². The molecule has 2 amide bonds. The van der Waals surface area contributed by atoms with Crippen LogP contribution in [0.15, 0.2) is 49.5 Å². The van der Waals surface area contributed by atoms with Crippen molar-refractivity contribution in [1.29, 1.82) is 0 Å². The summed E-state index contributed by atoms with van der Waals surface area (Å²) < 4.78 is 6.11. The van der Waals surface area contributed by atoms with Crippen LogP contribution in [0.4, 0.5) is 0 Å². The Balaban J connectivity index is 1.78. The van der Waals surface area contributed by atoms with Gasteiger partial charge in [-0.2, -0.15) is 5.06 Å². The molecule has 1 aromatic carbocycles. The molecule has 0 spiro atoms. The van der Waals surface area contributed by atoms with Gasteiger partial charge in [-0.15, -0.1) is 0 Å². The van der Waals surface area contributed by atoms with Gasteiger partial charge >= 0.3 is 0 Å². The van der Waals surface area contributed by atoms with Gasteiger partial charge in [-0.25, -0.2) is 0 Å². The number of carbonyl (C=O) groups excluding carboxylic acids is 4. The molecule has 4 atom stereocenters. The number of halogens is 2. The van der Waals surface area contributed by atoms with E-state index in [0.29, 0.717) is 31.2 Å². The molecule has 34 heavy (non-hydrogen) atoms. The molecule has 1 heterocycles. The summed E-state index contributed by atoms with van der Waals surface area (Å²) in [5, 5.41) is 20.6. The van der Waals surface area contributed by atoms with Gasteiger partial charge in [0.2, 0.25) is 0 Å². The minimum atomic E-state index is -0.829. The summed E-state index contributed by atoms with van der Waals surface area (Å²) in [5.41, 5.74) is 2.23. The number of benzene rings is 1. The monoisotopic (exact) mass is 591 g/mol. The maximum Gasteiger partial charge on any atom is 0.257 e. The molecule has 1 fully saturated rings. The number of amides is 2. The van der Waals surface area contributed by atoms with E-state index in [-0.39, 0.29) is 41.0 Å². The Morgan fingerprint density at radius 3 is 2.47 bits per heavy atom. The predicted octanol–water partition coefficient (Wildman–Crippen LogP) is 3.74. The lowest BCUT2D eigenvalue weighted by atomic mass is 9.59. The van der Waals surface area contributed by atoms with Gasteiger partial charge < -0.3 is 9.84 Å². The molecule has 176 valence electrons. The van der Waals surface area contributed by atoms with Crippen molar-refractivity contribution in [2.45, 2.75) is 25.7 Å². The molecule has 1 saturated heterocycles. The first-order chi connectivity index (χ1) is 16.1. The van der Waals surface area contributed by atoms with Gasteiger partial charge in [0.1, 0.15) is 0 Å². The molecule has 2 N–H and O–H groups in total. The first-order valence-corrected chi connectivity index (χ1v) is 12.2. The predicted molar refractivity (Wildman–Crippen MR) is 125 cm³/mol. The zero-order valence-corrected chi connectivity index (χ0v) is 21.3. The lowest BCUT2D eigenvalue weighted by Gasteiger charge is -2.42. The van der Waals surface area contributed by atoms with Crippen LogP contribution in [-0.4, -0.2) is 45.9 Å². The van der Waals surface area contributed by atoms with Crippen molar-refractivity contribution in [2.75, 3.05) is 7.11 Å². The Morgan fingerprint density at radius 1 is 1.09 bits per heavy atom. The summed E-state index contributed by atoms with van der Waals surface area (Å²) in [5.74, 6) is -4.71. The number of hydrogen-bond donors (Lipinski definition) is 2. The van der Waals surface area contributed by atoms with Crippen molar-refractivity contribution in [2.24, 2.45) is 17.8 Å². The quantitative estimate of drug-likeness (QED) is 0.232. The fraction of sp³-hybridized carbons (Fsp3) is 0.333. The van der Waals surface area contributed by atoms with Gasteiger partial charge in [-0.3, -0.25) is 24.4 Å². The second-order valence-electron chi connectivity index (χ2n) is 8.86. The third kappa shape index (κ3) is 3.04. The first kappa shape index (κ1) is 23.2. The number of rotatable bonds is 2. The van der Waals surface area contributed by atoms with E-state index < -0.39 is 35.5 Å². The molecule has 8 nitrogen and oxygen atoms in total. The fourth-order valence-electron chi connectivity index (χ4n) is 5.70. The Hall–Kier alpha value is -2.56. The summed E-state index contributed by atoms with van der Waals surface area (Å²) in [4.78, 5) is 51.8. The number of fused-ring (bicyclic) bond motifs is 3. The number of phenolic OH excluding ortho intramolecular Hbond substituents is 1. The third-order valence-electron chi connectivity index (χ3n) is 7.24. The van der Waals surface area contributed by atoms with Crippen molar-refractivity contribution in [3.8, 4) is 11.5 Å². The molecule has 3 aliphatic carbocycles. The zero-order valence-electron chi connectivity index (χ0n) is 18.1. The number of imide groups is 1. The van der Waals surface area contributed by atoms with E-state index in [1.54, 1.807) is 13.0 Å². The molecular weight excluding hydrogens is 574 g/mol. The molecule has 10 heteroatoms. The SMILES string of the molecule is COc1cc([C@H]2C3=CC[C@@H]4C(=O)N(O)C(=O)[C@@H]4[C@@H]3CC3=C2C(=O)C=C(C)C3=O)c(Br)c(Br)c1O. The largest absolute Gasteiger partial charge is 0.503 e. The van der Waals surface area contributed by atoms with Gasteiger partial charge in [0.05, 0.1) is 23.4 Å². The van der Waals surface area contributed by atoms with Crippen LogP contribution < -0.4 is 4.74 Å². The number of hydrogen-bond acceptors (Lipinski definition) is 7. The van der Waals surface area contributed by atoms with Crippen LogP contribution in [0.2, 0.25) is 0 Å². The zero-order chi connectivity index (χ0) is 24.6. The molecule has 5 rings (SSSR count). The number of Topliss-reactive ketones (excluding diaryl/α,β-unsaturated/α-hetero) is 1. The number of ketones is 2. The molecule has 0 radical (unpaired) electrons. The number of carbonyl (C=O) groups is 4. The van der Waals surface area contributed by atoms with E-state index in [1.807, 2.05) is 6.08 Å². The first-order valence-electron chi connectivity index (χ1n) is 10.6. The van der Waals surface area contributed by atoms with Crippen LogP contribution in [0.1, 0.15) is 31.2 Å². The van der Waals surface area contributed by atoms with Crippen molar-refractivity contribution in [3.63, 3.8) is 0 Å². The standard InChI is InChI=1S/C24H19Br2NO7/c1-8-5-14(28)18-13(21(8)29)6-11-9(3-4-10-17(11)24(32)27(33)23(10)31)16(18)12-7-15(34-2)22(30)20(26)19(12)25/h3,5,7,10-11,16-17,30,33H,4,6H2,1-2H3/t10-,11+,16+,17-/m0/s1. The lowest BCUT2D eigenvalue weighted by Crippen LogP contribution is -2.39. The number of methoxy groups -OCH3 is 1. The van der Waals surface area contributed by atoms with E-state index in [9.17, 15) is 29.5 Å². The molecule has 0 saturated carbocycles.